The standard InChI is InChI=1S/C11H12O4/c1-2-3-7-10(13)15-9-6-4-5-8(12)11(9)14/h2-6,12,14H,7H2,1H3/b3-2-. The predicted molar refractivity (Wildman–Crippen MR) is 54.8 cm³/mol. The van der Waals surface area contributed by atoms with Gasteiger partial charge in [0.2, 0.25) is 5.75 Å². The second kappa shape index (κ2) is 5.05. The van der Waals surface area contributed by atoms with E-state index >= 15 is 0 Å². The summed E-state index contributed by atoms with van der Waals surface area (Å²) in [5, 5.41) is 18.5. The highest BCUT2D eigenvalue weighted by atomic mass is 16.5. The molecular weight excluding hydrogens is 196 g/mol. The summed E-state index contributed by atoms with van der Waals surface area (Å²) < 4.78 is 4.83. The van der Waals surface area contributed by atoms with Crippen molar-refractivity contribution in [3.63, 3.8) is 0 Å². The van der Waals surface area contributed by atoms with Crippen LogP contribution < -0.4 is 4.74 Å². The smallest absolute Gasteiger partial charge is 0.315 e. The first-order valence-corrected chi connectivity index (χ1v) is 4.48. The van der Waals surface area contributed by atoms with Gasteiger partial charge in [0, 0.05) is 0 Å². The lowest BCUT2D eigenvalue weighted by atomic mass is 10.3. The summed E-state index contributed by atoms with van der Waals surface area (Å²) in [4.78, 5) is 11.2. The normalized spacial score (nSPS) is 10.5. The van der Waals surface area contributed by atoms with Crippen molar-refractivity contribution in [1.82, 2.24) is 0 Å². The monoisotopic (exact) mass is 208 g/mol. The van der Waals surface area contributed by atoms with Crippen LogP contribution in [0.5, 0.6) is 17.2 Å². The van der Waals surface area contributed by atoms with Crippen molar-refractivity contribution in [2.45, 2.75) is 13.3 Å². The van der Waals surface area contributed by atoms with Gasteiger partial charge < -0.3 is 14.9 Å². The molecule has 0 spiro atoms. The molecule has 4 nitrogen and oxygen atoms in total. The fourth-order valence-corrected chi connectivity index (χ4v) is 0.971. The maximum atomic E-state index is 11.2. The number of ether oxygens (including phenoxy) is 1. The zero-order valence-electron chi connectivity index (χ0n) is 8.30. The third kappa shape index (κ3) is 3.02. The van der Waals surface area contributed by atoms with Gasteiger partial charge in [0.25, 0.3) is 0 Å². The molecule has 0 saturated carbocycles. The molecule has 0 bridgehead atoms. The zero-order chi connectivity index (χ0) is 11.3. The molecule has 0 radical (unpaired) electrons. The largest absolute Gasteiger partial charge is 0.504 e. The Balaban J connectivity index is 2.72. The van der Waals surface area contributed by atoms with Crippen molar-refractivity contribution in [1.29, 1.82) is 0 Å². The Morgan fingerprint density at radius 3 is 2.87 bits per heavy atom. The Morgan fingerprint density at radius 2 is 2.20 bits per heavy atom. The average Bonchev–Trinajstić information content (AvgIpc) is 2.22. The topological polar surface area (TPSA) is 66.8 Å². The van der Waals surface area contributed by atoms with Crippen molar-refractivity contribution < 1.29 is 19.7 Å². The molecule has 15 heavy (non-hydrogen) atoms. The first-order chi connectivity index (χ1) is 7.15. The molecule has 0 unspecified atom stereocenters. The molecule has 0 amide bonds. The third-order valence-electron chi connectivity index (χ3n) is 1.72. The van der Waals surface area contributed by atoms with Gasteiger partial charge in [0.15, 0.2) is 11.5 Å². The van der Waals surface area contributed by atoms with E-state index in [1.54, 1.807) is 19.1 Å². The zero-order valence-corrected chi connectivity index (χ0v) is 8.30. The summed E-state index contributed by atoms with van der Waals surface area (Å²) in [5.74, 6) is -1.27. The van der Waals surface area contributed by atoms with Gasteiger partial charge in [-0.25, -0.2) is 0 Å². The number of esters is 1. The highest BCUT2D eigenvalue weighted by molar-refractivity contribution is 5.75. The number of aromatic hydroxyl groups is 2. The number of rotatable bonds is 3. The molecule has 0 aliphatic carbocycles. The van der Waals surface area contributed by atoms with E-state index in [1.807, 2.05) is 0 Å². The minimum Gasteiger partial charge on any atom is -0.504 e. The summed E-state index contributed by atoms with van der Waals surface area (Å²) in [6, 6.07) is 4.19. The van der Waals surface area contributed by atoms with Crippen molar-refractivity contribution >= 4 is 5.97 Å². The van der Waals surface area contributed by atoms with Crippen LogP contribution in [0.3, 0.4) is 0 Å². The summed E-state index contributed by atoms with van der Waals surface area (Å²) in [6.07, 6.45) is 3.50. The number of para-hydroxylation sites is 1. The molecule has 0 aliphatic rings. The number of benzene rings is 1. The van der Waals surface area contributed by atoms with Gasteiger partial charge in [-0.2, -0.15) is 0 Å². The van der Waals surface area contributed by atoms with Crippen LogP contribution in [0.4, 0.5) is 0 Å². The Labute approximate surface area is 87.4 Å². The highest BCUT2D eigenvalue weighted by Crippen LogP contribution is 2.34. The number of phenolic OH excluding ortho intramolecular Hbond substituents is 2. The van der Waals surface area contributed by atoms with Crippen LogP contribution in [0.1, 0.15) is 13.3 Å². The maximum Gasteiger partial charge on any atom is 0.315 e. The molecule has 0 aromatic heterocycles. The van der Waals surface area contributed by atoms with Gasteiger partial charge in [0.05, 0.1) is 6.42 Å². The van der Waals surface area contributed by atoms with Crippen LogP contribution in [0.15, 0.2) is 30.4 Å². The van der Waals surface area contributed by atoms with Gasteiger partial charge in [0.1, 0.15) is 0 Å². The van der Waals surface area contributed by atoms with E-state index in [0.717, 1.165) is 0 Å². The van der Waals surface area contributed by atoms with Crippen LogP contribution in [0.2, 0.25) is 0 Å². The molecule has 1 aromatic carbocycles. The maximum absolute atomic E-state index is 11.2. The first-order valence-electron chi connectivity index (χ1n) is 4.48. The van der Waals surface area contributed by atoms with Crippen LogP contribution in [-0.2, 0) is 4.79 Å². The van der Waals surface area contributed by atoms with Crippen LogP contribution in [0.25, 0.3) is 0 Å². The van der Waals surface area contributed by atoms with Crippen molar-refractivity contribution in [3.8, 4) is 17.2 Å². The van der Waals surface area contributed by atoms with E-state index in [2.05, 4.69) is 0 Å². The van der Waals surface area contributed by atoms with Gasteiger partial charge in [-0.15, -0.1) is 0 Å². The summed E-state index contributed by atoms with van der Waals surface area (Å²) in [6.45, 7) is 1.79. The van der Waals surface area contributed by atoms with Crippen LogP contribution in [0, 0.1) is 0 Å². The molecule has 1 rings (SSSR count). The lowest BCUT2D eigenvalue weighted by molar-refractivity contribution is -0.133. The van der Waals surface area contributed by atoms with Crippen molar-refractivity contribution in [2.24, 2.45) is 0 Å². The molecule has 0 aliphatic heterocycles. The molecule has 0 saturated heterocycles. The number of hydrogen-bond acceptors (Lipinski definition) is 4. The van der Waals surface area contributed by atoms with Crippen molar-refractivity contribution in [3.05, 3.63) is 30.4 Å². The number of carbonyl (C=O) groups is 1. The first kappa shape index (κ1) is 11.1. The Kier molecular flexibility index (Phi) is 3.74. The quantitative estimate of drug-likeness (QED) is 0.345. The molecular formula is C11H12O4. The van der Waals surface area contributed by atoms with Gasteiger partial charge in [-0.1, -0.05) is 18.2 Å². The second-order valence-corrected chi connectivity index (χ2v) is 2.87. The Hall–Kier alpha value is -1.97. The van der Waals surface area contributed by atoms with E-state index in [9.17, 15) is 9.90 Å². The summed E-state index contributed by atoms with van der Waals surface area (Å²) >= 11 is 0. The molecule has 0 fully saturated rings. The van der Waals surface area contributed by atoms with E-state index in [-0.39, 0.29) is 17.9 Å². The minimum absolute atomic E-state index is 0.0375. The molecule has 2 N–H and O–H groups in total. The lowest BCUT2D eigenvalue weighted by Gasteiger charge is -2.05. The van der Waals surface area contributed by atoms with Gasteiger partial charge in [-0.05, 0) is 19.1 Å². The SMILES string of the molecule is C/C=C\CC(=O)Oc1cccc(O)c1O. The van der Waals surface area contributed by atoms with Gasteiger partial charge in [-0.3, -0.25) is 4.79 Å². The minimum atomic E-state index is -0.492. The summed E-state index contributed by atoms with van der Waals surface area (Å²) in [7, 11) is 0. The van der Waals surface area contributed by atoms with Crippen molar-refractivity contribution in [2.75, 3.05) is 0 Å². The molecule has 4 heteroatoms. The Bertz CT molecular complexity index is 382. The van der Waals surface area contributed by atoms with E-state index in [0.29, 0.717) is 0 Å². The lowest BCUT2D eigenvalue weighted by Crippen LogP contribution is -2.06. The number of allylic oxidation sites excluding steroid dienone is 1. The molecule has 0 atom stereocenters. The number of hydrogen-bond donors (Lipinski definition) is 2. The molecule has 0 heterocycles. The van der Waals surface area contributed by atoms with Crippen LogP contribution in [-0.4, -0.2) is 16.2 Å². The highest BCUT2D eigenvalue weighted by Gasteiger charge is 2.10. The van der Waals surface area contributed by atoms with Gasteiger partial charge >= 0.3 is 5.97 Å². The molecule has 80 valence electrons. The number of phenols is 2. The fourth-order valence-electron chi connectivity index (χ4n) is 0.971. The molecule has 1 aromatic rings. The second-order valence-electron chi connectivity index (χ2n) is 2.87. The van der Waals surface area contributed by atoms with E-state index in [1.165, 1.54) is 18.2 Å². The Morgan fingerprint density at radius 1 is 1.47 bits per heavy atom. The van der Waals surface area contributed by atoms with E-state index < -0.39 is 11.7 Å². The number of carbonyl (C=O) groups excluding carboxylic acids is 1. The summed E-state index contributed by atoms with van der Waals surface area (Å²) in [5.41, 5.74) is 0. The fraction of sp³-hybridized carbons (Fsp3) is 0.182. The predicted octanol–water partition coefficient (Wildman–Crippen LogP) is 1.97. The third-order valence-corrected chi connectivity index (χ3v) is 1.72. The average molecular weight is 208 g/mol. The van der Waals surface area contributed by atoms with Crippen LogP contribution >= 0.6 is 0 Å². The van der Waals surface area contributed by atoms with E-state index in [4.69, 9.17) is 9.84 Å².